The largest absolute Gasteiger partial charge is 3.00 e. The average Bonchev–Trinajstić information content (AvgIpc) is 2.24. The molecule has 0 spiro atoms. The zero-order valence-electron chi connectivity index (χ0n) is 13.3. The average molecular weight is 329 g/mol. The summed E-state index contributed by atoms with van der Waals surface area (Å²) in [5.41, 5.74) is 0. The molecule has 0 aliphatic carbocycles. The monoisotopic (exact) mass is 329 g/mol. The molecule has 0 N–H and O–H groups in total. The Morgan fingerprint density at radius 3 is 1.89 bits per heavy atom. The molecule has 0 aromatic heterocycles. The van der Waals surface area contributed by atoms with Crippen LogP contribution in [0.2, 0.25) is 0 Å². The zero-order chi connectivity index (χ0) is 14.0. The van der Waals surface area contributed by atoms with E-state index in [4.69, 9.17) is 0 Å². The van der Waals surface area contributed by atoms with E-state index in [1.165, 1.54) is 0 Å². The summed E-state index contributed by atoms with van der Waals surface area (Å²) in [5.74, 6) is 0.336. The first kappa shape index (κ1) is 23.7. The van der Waals surface area contributed by atoms with E-state index in [0.29, 0.717) is 6.04 Å². The van der Waals surface area contributed by atoms with E-state index in [-0.39, 0.29) is 44.4 Å². The van der Waals surface area contributed by atoms with Crippen LogP contribution in [0.4, 0.5) is 0 Å². The molecule has 0 saturated heterocycles. The predicted molar refractivity (Wildman–Crippen MR) is 76.2 cm³/mol. The fraction of sp³-hybridized carbons (Fsp3) is 0.733. The van der Waals surface area contributed by atoms with E-state index in [2.05, 4.69) is 25.7 Å². The van der Waals surface area contributed by atoms with Crippen LogP contribution in [0.3, 0.4) is 0 Å². The SMILES string of the molecule is C[CH-]C.[CH2-]CC[C-](C(=O)C(C)C)N(C)C(C)C.[Y+3]. The van der Waals surface area contributed by atoms with Crippen molar-refractivity contribution in [1.82, 2.24) is 4.90 Å². The maximum absolute atomic E-state index is 11.9. The summed E-state index contributed by atoms with van der Waals surface area (Å²) in [5, 5.41) is 0. The van der Waals surface area contributed by atoms with Gasteiger partial charge in [-0.3, -0.25) is 6.04 Å². The van der Waals surface area contributed by atoms with Crippen molar-refractivity contribution in [1.29, 1.82) is 0 Å². The van der Waals surface area contributed by atoms with Gasteiger partial charge >= 0.3 is 32.7 Å². The second kappa shape index (κ2) is 14.0. The molecule has 2 nitrogen and oxygen atoms in total. The summed E-state index contributed by atoms with van der Waals surface area (Å²) >= 11 is 0. The molecule has 104 valence electrons. The standard InChI is InChI=1S/C12H23NO.C3H7.Y/c1-7-8-11(12(14)9(2)3)13(6)10(4)5;1-3-2;/h9-10H,1,7-8H2,2-6H3;3H,1-2H3;/q-2;-1;+3. The van der Waals surface area contributed by atoms with Crippen LogP contribution in [0.1, 0.15) is 54.4 Å². The third-order valence-corrected chi connectivity index (χ3v) is 2.42. The maximum Gasteiger partial charge on any atom is 3.00 e. The van der Waals surface area contributed by atoms with Gasteiger partial charge in [0.05, 0.1) is 0 Å². The molecule has 3 heteroatoms. The maximum atomic E-state index is 11.9. The van der Waals surface area contributed by atoms with Crippen LogP contribution in [0.25, 0.3) is 0 Å². The first-order chi connectivity index (χ1) is 7.83. The Hall–Kier alpha value is 0.604. The number of carbonyl (C=O) groups is 1. The Balaban J connectivity index is -0.000000507. The Bertz CT molecular complexity index is 193. The van der Waals surface area contributed by atoms with Crippen LogP contribution in [0, 0.1) is 25.3 Å². The molecule has 0 atom stereocenters. The van der Waals surface area contributed by atoms with Gasteiger partial charge in [-0.25, -0.2) is 6.42 Å². The fourth-order valence-electron chi connectivity index (χ4n) is 1.29. The Labute approximate surface area is 140 Å². The summed E-state index contributed by atoms with van der Waals surface area (Å²) < 4.78 is 0. The van der Waals surface area contributed by atoms with Gasteiger partial charge in [-0.2, -0.15) is 20.3 Å². The third-order valence-electron chi connectivity index (χ3n) is 2.42. The van der Waals surface area contributed by atoms with Crippen molar-refractivity contribution in [2.75, 3.05) is 7.05 Å². The van der Waals surface area contributed by atoms with E-state index in [0.717, 1.165) is 18.9 Å². The number of carbonyl (C=O) groups excluding carboxylic acids is 1. The zero-order valence-corrected chi connectivity index (χ0v) is 16.1. The van der Waals surface area contributed by atoms with Crippen molar-refractivity contribution < 1.29 is 37.5 Å². The van der Waals surface area contributed by atoms with Gasteiger partial charge in [0.25, 0.3) is 0 Å². The van der Waals surface area contributed by atoms with Gasteiger partial charge in [0, 0.05) is 5.78 Å². The van der Waals surface area contributed by atoms with Gasteiger partial charge in [-0.05, 0) is 19.0 Å². The number of hydrogen-bond acceptors (Lipinski definition) is 2. The first-order valence-corrected chi connectivity index (χ1v) is 6.49. The Morgan fingerprint density at radius 2 is 1.67 bits per heavy atom. The molecule has 0 heterocycles. The van der Waals surface area contributed by atoms with E-state index >= 15 is 0 Å². The third kappa shape index (κ3) is 10.5. The minimum Gasteiger partial charge on any atom is -0.432 e. The van der Waals surface area contributed by atoms with Gasteiger partial charge in [0.2, 0.25) is 0 Å². The summed E-state index contributed by atoms with van der Waals surface area (Å²) in [6.07, 6.45) is 3.57. The molecular formula is C15H30NOY. The molecule has 0 saturated carbocycles. The topological polar surface area (TPSA) is 20.3 Å². The minimum absolute atomic E-state index is 0. The van der Waals surface area contributed by atoms with Crippen LogP contribution in [0.15, 0.2) is 0 Å². The molecule has 0 rings (SSSR count). The molecule has 0 unspecified atom stereocenters. The van der Waals surface area contributed by atoms with Gasteiger partial charge in [0.15, 0.2) is 0 Å². The van der Waals surface area contributed by atoms with Gasteiger partial charge in [0.1, 0.15) is 0 Å². The van der Waals surface area contributed by atoms with Crippen molar-refractivity contribution in [2.45, 2.75) is 60.4 Å². The van der Waals surface area contributed by atoms with Gasteiger partial charge in [-0.1, -0.05) is 27.7 Å². The molecule has 0 aliphatic heterocycles. The molecule has 0 aromatic carbocycles. The number of rotatable bonds is 6. The molecule has 0 radical (unpaired) electrons. The predicted octanol–water partition coefficient (Wildman–Crippen LogP) is 3.93. The Kier molecular flexibility index (Phi) is 18.4. The second-order valence-corrected chi connectivity index (χ2v) is 4.85. The van der Waals surface area contributed by atoms with E-state index < -0.39 is 0 Å². The summed E-state index contributed by atoms with van der Waals surface area (Å²) in [7, 11) is 1.98. The number of likely N-dealkylation sites (N-methyl/N-ethyl adjacent to an activating group) is 1. The summed E-state index contributed by atoms with van der Waals surface area (Å²) in [4.78, 5) is 13.9. The number of ketones is 1. The summed E-state index contributed by atoms with van der Waals surface area (Å²) in [6.45, 7) is 15.9. The van der Waals surface area contributed by atoms with Crippen molar-refractivity contribution >= 4 is 5.78 Å². The number of Topliss-reactive ketones (excluding diaryl/α,β-unsaturated/α-hetero) is 1. The van der Waals surface area contributed by atoms with Crippen molar-refractivity contribution in [2.24, 2.45) is 5.92 Å². The van der Waals surface area contributed by atoms with Gasteiger partial charge < -0.3 is 23.0 Å². The Morgan fingerprint density at radius 1 is 1.28 bits per heavy atom. The molecule has 18 heavy (non-hydrogen) atoms. The normalized spacial score (nSPS) is 9.94. The van der Waals surface area contributed by atoms with Crippen LogP contribution in [-0.4, -0.2) is 23.8 Å². The molecule has 0 aromatic rings. The van der Waals surface area contributed by atoms with Crippen LogP contribution >= 0.6 is 0 Å². The smallest absolute Gasteiger partial charge is 0.432 e. The van der Waals surface area contributed by atoms with E-state index in [9.17, 15) is 4.79 Å². The van der Waals surface area contributed by atoms with E-state index in [1.54, 1.807) is 0 Å². The quantitative estimate of drug-likeness (QED) is 0.688. The van der Waals surface area contributed by atoms with Crippen LogP contribution in [-0.2, 0) is 37.5 Å². The van der Waals surface area contributed by atoms with Crippen molar-refractivity contribution in [3.63, 3.8) is 0 Å². The molecule has 0 aliphatic rings. The van der Waals surface area contributed by atoms with Crippen LogP contribution in [0.5, 0.6) is 0 Å². The second-order valence-electron chi connectivity index (χ2n) is 4.85. The molecule has 0 bridgehead atoms. The van der Waals surface area contributed by atoms with Gasteiger partial charge in [-0.15, -0.1) is 0 Å². The molecule has 0 fully saturated rings. The number of hydrogen-bond donors (Lipinski definition) is 0. The fourth-order valence-corrected chi connectivity index (χ4v) is 1.29. The first-order valence-electron chi connectivity index (χ1n) is 6.49. The van der Waals surface area contributed by atoms with Crippen molar-refractivity contribution in [3.05, 3.63) is 19.4 Å². The van der Waals surface area contributed by atoms with Crippen molar-refractivity contribution in [3.8, 4) is 0 Å². The van der Waals surface area contributed by atoms with E-state index in [1.807, 2.05) is 41.2 Å². The summed E-state index contributed by atoms with van der Waals surface area (Å²) in [6, 6.07) is 1.30. The molecule has 0 amide bonds. The number of nitrogens with zero attached hydrogens (tertiary/aromatic N) is 1. The molecular weight excluding hydrogens is 299 g/mol. The minimum atomic E-state index is 0. The van der Waals surface area contributed by atoms with Crippen LogP contribution < -0.4 is 0 Å².